The molecule has 0 saturated heterocycles. The summed E-state index contributed by atoms with van der Waals surface area (Å²) in [4.78, 5) is 0. The Morgan fingerprint density at radius 3 is 2.67 bits per heavy atom. The molecule has 0 aliphatic heterocycles. The highest BCUT2D eigenvalue weighted by Crippen LogP contribution is 2.36. The summed E-state index contributed by atoms with van der Waals surface area (Å²) in [5, 5.41) is 3.81. The van der Waals surface area contributed by atoms with Gasteiger partial charge in [-0.25, -0.2) is 0 Å². The zero-order valence-corrected chi connectivity index (χ0v) is 12.3. The van der Waals surface area contributed by atoms with Gasteiger partial charge in [-0.1, -0.05) is 31.2 Å². The van der Waals surface area contributed by atoms with Gasteiger partial charge >= 0.3 is 0 Å². The lowest BCUT2D eigenvalue weighted by Crippen LogP contribution is -2.33. The van der Waals surface area contributed by atoms with Crippen molar-refractivity contribution >= 4 is 10.8 Å². The smallest absolute Gasteiger partial charge is 0.0441 e. The van der Waals surface area contributed by atoms with Crippen LogP contribution in [0.5, 0.6) is 0 Å². The first kappa shape index (κ1) is 13.8. The molecule has 0 spiro atoms. The van der Waals surface area contributed by atoms with Crippen molar-refractivity contribution in [2.75, 3.05) is 12.8 Å². The molecule has 0 aromatic heterocycles. The third kappa shape index (κ3) is 3.01. The second-order valence-electron chi connectivity index (χ2n) is 5.38. The molecule has 1 aliphatic carbocycles. The van der Waals surface area contributed by atoms with E-state index in [9.17, 15) is 4.21 Å². The van der Waals surface area contributed by atoms with E-state index >= 15 is 0 Å². The Morgan fingerprint density at radius 1 is 1.33 bits per heavy atom. The van der Waals surface area contributed by atoms with Gasteiger partial charge in [-0.3, -0.25) is 4.21 Å². The first-order valence-corrected chi connectivity index (χ1v) is 8.36. The van der Waals surface area contributed by atoms with E-state index in [1.54, 1.807) is 6.26 Å². The highest BCUT2D eigenvalue weighted by atomic mass is 32.2. The van der Waals surface area contributed by atoms with Crippen molar-refractivity contribution in [1.82, 2.24) is 5.32 Å². The minimum atomic E-state index is -0.742. The van der Waals surface area contributed by atoms with Crippen LogP contribution in [0, 0.1) is 0 Å². The topological polar surface area (TPSA) is 29.1 Å². The van der Waals surface area contributed by atoms with Crippen LogP contribution in [0.1, 0.15) is 49.8 Å². The Morgan fingerprint density at radius 2 is 2.00 bits per heavy atom. The zero-order chi connectivity index (χ0) is 13.1. The van der Waals surface area contributed by atoms with Gasteiger partial charge in [0.1, 0.15) is 0 Å². The Labute approximate surface area is 113 Å². The van der Waals surface area contributed by atoms with Crippen molar-refractivity contribution in [3.05, 3.63) is 35.4 Å². The van der Waals surface area contributed by atoms with Gasteiger partial charge in [-0.2, -0.15) is 0 Å². The van der Waals surface area contributed by atoms with Gasteiger partial charge in [-0.15, -0.1) is 0 Å². The molecular formula is C15H23NOS. The van der Waals surface area contributed by atoms with Crippen molar-refractivity contribution in [1.29, 1.82) is 0 Å². The number of hydrogen-bond donors (Lipinski definition) is 1. The van der Waals surface area contributed by atoms with Crippen molar-refractivity contribution in [2.45, 2.75) is 43.9 Å². The highest BCUT2D eigenvalue weighted by molar-refractivity contribution is 7.84. The molecule has 4 atom stereocenters. The van der Waals surface area contributed by atoms with Crippen molar-refractivity contribution in [2.24, 2.45) is 0 Å². The van der Waals surface area contributed by atoms with Crippen LogP contribution in [0.2, 0.25) is 0 Å². The van der Waals surface area contributed by atoms with E-state index < -0.39 is 10.8 Å². The predicted molar refractivity (Wildman–Crippen MR) is 78.4 cm³/mol. The molecule has 100 valence electrons. The lowest BCUT2D eigenvalue weighted by atomic mass is 9.81. The van der Waals surface area contributed by atoms with E-state index in [2.05, 4.69) is 36.5 Å². The highest BCUT2D eigenvalue weighted by Gasteiger charge is 2.24. The van der Waals surface area contributed by atoms with Crippen LogP contribution in [0.4, 0.5) is 0 Å². The van der Waals surface area contributed by atoms with E-state index in [0.29, 0.717) is 12.0 Å². The van der Waals surface area contributed by atoms with Crippen LogP contribution in [0.15, 0.2) is 24.3 Å². The zero-order valence-electron chi connectivity index (χ0n) is 11.5. The maximum atomic E-state index is 11.4. The molecule has 4 unspecified atom stereocenters. The summed E-state index contributed by atoms with van der Waals surface area (Å²) in [6, 6.07) is 9.16. The summed E-state index contributed by atoms with van der Waals surface area (Å²) in [6.45, 7) is 5.18. The monoisotopic (exact) mass is 265 g/mol. The number of rotatable bonds is 4. The molecule has 0 heterocycles. The molecule has 1 aromatic rings. The van der Waals surface area contributed by atoms with E-state index in [1.807, 2.05) is 6.92 Å². The lowest BCUT2D eigenvalue weighted by molar-refractivity contribution is 0.433. The second-order valence-corrected chi connectivity index (χ2v) is 7.18. The minimum Gasteiger partial charge on any atom is -0.309 e. The molecular weight excluding hydrogens is 242 g/mol. The van der Waals surface area contributed by atoms with Crippen LogP contribution >= 0.6 is 0 Å². The van der Waals surface area contributed by atoms with Crippen LogP contribution in [-0.2, 0) is 10.8 Å². The first-order chi connectivity index (χ1) is 8.59. The summed E-state index contributed by atoms with van der Waals surface area (Å²) in [5.74, 6) is 0.664. The fourth-order valence-electron chi connectivity index (χ4n) is 2.64. The number of hydrogen-bond acceptors (Lipinski definition) is 2. The van der Waals surface area contributed by atoms with Gasteiger partial charge in [0.2, 0.25) is 0 Å². The normalized spacial score (nSPS) is 26.4. The van der Waals surface area contributed by atoms with Crippen LogP contribution in [0.25, 0.3) is 0 Å². The van der Waals surface area contributed by atoms with Crippen LogP contribution in [-0.4, -0.2) is 22.3 Å². The van der Waals surface area contributed by atoms with Gasteiger partial charge in [0.05, 0.1) is 0 Å². The van der Waals surface area contributed by atoms with Crippen LogP contribution < -0.4 is 5.32 Å². The third-order valence-electron chi connectivity index (χ3n) is 4.01. The molecule has 1 aromatic carbocycles. The average molecular weight is 265 g/mol. The van der Waals surface area contributed by atoms with Gasteiger partial charge < -0.3 is 5.32 Å². The van der Waals surface area contributed by atoms with E-state index in [-0.39, 0.29) is 5.25 Å². The fraction of sp³-hybridized carbons (Fsp3) is 0.600. The minimum absolute atomic E-state index is 0.219. The molecule has 0 bridgehead atoms. The fourth-order valence-corrected chi connectivity index (χ4v) is 2.97. The molecule has 1 aliphatic rings. The molecule has 18 heavy (non-hydrogen) atoms. The standard InChI is InChI=1S/C15H23NOS/c1-11-8-9-15(16-10-12(2)18(3)17)14-7-5-4-6-13(11)14/h4-7,11-12,15-16H,8-10H2,1-3H3. The average Bonchev–Trinajstić information content (AvgIpc) is 2.38. The van der Waals surface area contributed by atoms with E-state index in [4.69, 9.17) is 0 Å². The molecule has 3 heteroatoms. The molecule has 1 N–H and O–H groups in total. The Hall–Kier alpha value is -0.670. The number of nitrogens with one attached hydrogen (secondary N) is 1. The molecule has 0 radical (unpaired) electrons. The Balaban J connectivity index is 2.07. The lowest BCUT2D eigenvalue weighted by Gasteiger charge is -2.31. The van der Waals surface area contributed by atoms with E-state index in [1.165, 1.54) is 24.0 Å². The predicted octanol–water partition coefficient (Wildman–Crippen LogP) is 2.98. The summed E-state index contributed by atoms with van der Waals surface area (Å²) >= 11 is 0. The van der Waals surface area contributed by atoms with Crippen molar-refractivity contribution < 1.29 is 4.21 Å². The molecule has 2 rings (SSSR count). The molecule has 2 nitrogen and oxygen atoms in total. The third-order valence-corrected chi connectivity index (χ3v) is 5.31. The molecule has 0 fully saturated rings. The van der Waals surface area contributed by atoms with Gasteiger partial charge in [0.15, 0.2) is 0 Å². The van der Waals surface area contributed by atoms with Gasteiger partial charge in [0.25, 0.3) is 0 Å². The maximum Gasteiger partial charge on any atom is 0.0441 e. The SMILES string of the molecule is CC1CCC(NCC(C)S(C)=O)c2ccccc21. The summed E-state index contributed by atoms with van der Waals surface area (Å²) in [5.41, 5.74) is 2.91. The van der Waals surface area contributed by atoms with Gasteiger partial charge in [-0.05, 0) is 36.8 Å². The van der Waals surface area contributed by atoms with Crippen molar-refractivity contribution in [3.8, 4) is 0 Å². The molecule has 0 amide bonds. The second kappa shape index (κ2) is 5.98. The number of fused-ring (bicyclic) bond motifs is 1. The quantitative estimate of drug-likeness (QED) is 0.907. The Bertz CT molecular complexity index is 432. The Kier molecular flexibility index (Phi) is 4.57. The maximum absolute atomic E-state index is 11.4. The largest absolute Gasteiger partial charge is 0.309 e. The number of benzene rings is 1. The van der Waals surface area contributed by atoms with Gasteiger partial charge in [0, 0.05) is 34.9 Å². The first-order valence-electron chi connectivity index (χ1n) is 6.74. The van der Waals surface area contributed by atoms with E-state index in [0.717, 1.165) is 6.54 Å². The summed E-state index contributed by atoms with van der Waals surface area (Å²) in [6.07, 6.45) is 4.20. The van der Waals surface area contributed by atoms with Crippen molar-refractivity contribution in [3.63, 3.8) is 0 Å². The summed E-state index contributed by atoms with van der Waals surface area (Å²) in [7, 11) is -0.742. The van der Waals surface area contributed by atoms with Crippen LogP contribution in [0.3, 0.4) is 0 Å². The molecule has 0 saturated carbocycles. The summed E-state index contributed by atoms with van der Waals surface area (Å²) < 4.78 is 11.4.